The summed E-state index contributed by atoms with van der Waals surface area (Å²) >= 11 is 0. The lowest BCUT2D eigenvalue weighted by atomic mass is 9.95. The first kappa shape index (κ1) is 16.5. The van der Waals surface area contributed by atoms with Crippen molar-refractivity contribution in [3.05, 3.63) is 36.0 Å². The molecule has 0 amide bonds. The number of piperazine rings is 1. The van der Waals surface area contributed by atoms with Crippen LogP contribution in [-0.2, 0) is 0 Å². The number of rotatable bonds is 5. The van der Waals surface area contributed by atoms with Crippen molar-refractivity contribution in [2.75, 3.05) is 33.0 Å². The number of carbonyl (C=O) groups excluding carboxylic acids is 1. The van der Waals surface area contributed by atoms with Crippen LogP contribution >= 0.6 is 0 Å². The number of hydrogen-bond donors (Lipinski definition) is 0. The second kappa shape index (κ2) is 6.37. The van der Waals surface area contributed by atoms with Crippen molar-refractivity contribution in [3.8, 4) is 11.5 Å². The summed E-state index contributed by atoms with van der Waals surface area (Å²) in [4.78, 5) is 17.2. The van der Waals surface area contributed by atoms with Crippen LogP contribution in [0.4, 0.5) is 0 Å². The van der Waals surface area contributed by atoms with Gasteiger partial charge in [0.25, 0.3) is 0 Å². The van der Waals surface area contributed by atoms with Crippen LogP contribution < -0.4 is 9.47 Å². The highest BCUT2D eigenvalue weighted by Crippen LogP contribution is 2.43. The van der Waals surface area contributed by atoms with Gasteiger partial charge in [-0.05, 0) is 50.8 Å². The molecule has 3 aliphatic rings. The van der Waals surface area contributed by atoms with Gasteiger partial charge in [-0.2, -0.15) is 0 Å². The Morgan fingerprint density at radius 1 is 1.12 bits per heavy atom. The molecule has 0 bridgehead atoms. The fourth-order valence-corrected chi connectivity index (χ4v) is 3.81. The maximum atomic E-state index is 12.4. The Bertz CT molecular complexity index is 686. The molecule has 2 fully saturated rings. The number of ether oxygens (including phenoxy) is 2. The van der Waals surface area contributed by atoms with Crippen LogP contribution in [-0.4, -0.2) is 54.1 Å². The highest BCUT2D eigenvalue weighted by Gasteiger charge is 2.42. The molecule has 0 unspecified atom stereocenters. The maximum Gasteiger partial charge on any atom is 0.231 e. The van der Waals surface area contributed by atoms with Crippen LogP contribution in [0.15, 0.2) is 30.5 Å². The summed E-state index contributed by atoms with van der Waals surface area (Å²) in [6, 6.07) is 5.34. The van der Waals surface area contributed by atoms with Gasteiger partial charge in [0.2, 0.25) is 6.79 Å². The van der Waals surface area contributed by atoms with Gasteiger partial charge in [0.1, 0.15) is 0 Å². The SMILES string of the molecule is CC(C)(C1CC1)N1CCN(C=CC(=O)c2ccc3c(c2)OCO3)CC1. The molecule has 0 aromatic heterocycles. The average molecular weight is 342 g/mol. The Morgan fingerprint density at radius 3 is 2.56 bits per heavy atom. The van der Waals surface area contributed by atoms with Gasteiger partial charge in [-0.15, -0.1) is 0 Å². The lowest BCUT2D eigenvalue weighted by Gasteiger charge is -2.44. The van der Waals surface area contributed by atoms with Crippen molar-refractivity contribution in [3.63, 3.8) is 0 Å². The smallest absolute Gasteiger partial charge is 0.231 e. The highest BCUT2D eigenvalue weighted by molar-refractivity contribution is 6.04. The van der Waals surface area contributed by atoms with Crippen LogP contribution in [0.25, 0.3) is 0 Å². The molecular weight excluding hydrogens is 316 g/mol. The molecule has 1 saturated carbocycles. The Kier molecular flexibility index (Phi) is 4.20. The van der Waals surface area contributed by atoms with E-state index in [0.717, 1.165) is 32.1 Å². The fraction of sp³-hybridized carbons (Fsp3) is 0.550. The second-order valence-electron chi connectivity index (χ2n) is 7.70. The molecule has 5 heteroatoms. The zero-order valence-corrected chi connectivity index (χ0v) is 15.0. The molecule has 0 radical (unpaired) electrons. The molecule has 134 valence electrons. The zero-order chi connectivity index (χ0) is 17.4. The Morgan fingerprint density at radius 2 is 1.84 bits per heavy atom. The lowest BCUT2D eigenvalue weighted by molar-refractivity contribution is 0.0542. The van der Waals surface area contributed by atoms with Gasteiger partial charge >= 0.3 is 0 Å². The van der Waals surface area contributed by atoms with Crippen LogP contribution in [0.1, 0.15) is 37.0 Å². The molecule has 1 aliphatic carbocycles. The van der Waals surface area contributed by atoms with E-state index in [2.05, 4.69) is 23.6 Å². The van der Waals surface area contributed by atoms with E-state index in [1.54, 1.807) is 24.3 Å². The van der Waals surface area contributed by atoms with Crippen molar-refractivity contribution in [1.29, 1.82) is 0 Å². The predicted molar refractivity (Wildman–Crippen MR) is 96.0 cm³/mol. The molecule has 0 atom stereocenters. The third-order valence-electron chi connectivity index (χ3n) is 5.80. The summed E-state index contributed by atoms with van der Waals surface area (Å²) in [5.41, 5.74) is 0.951. The van der Waals surface area contributed by atoms with Gasteiger partial charge in [0, 0.05) is 49.6 Å². The lowest BCUT2D eigenvalue weighted by Crippen LogP contribution is -2.54. The summed E-state index contributed by atoms with van der Waals surface area (Å²) in [6.45, 7) is 9.04. The second-order valence-corrected chi connectivity index (χ2v) is 7.70. The van der Waals surface area contributed by atoms with Crippen LogP contribution in [0, 0.1) is 5.92 Å². The van der Waals surface area contributed by atoms with Crippen molar-refractivity contribution >= 4 is 5.78 Å². The monoisotopic (exact) mass is 342 g/mol. The highest BCUT2D eigenvalue weighted by atomic mass is 16.7. The molecule has 2 aliphatic heterocycles. The molecule has 25 heavy (non-hydrogen) atoms. The van der Waals surface area contributed by atoms with E-state index in [9.17, 15) is 4.79 Å². The number of nitrogens with zero attached hydrogens (tertiary/aromatic N) is 2. The Labute approximate surface area is 149 Å². The van der Waals surface area contributed by atoms with E-state index in [0.29, 0.717) is 22.6 Å². The first-order valence-corrected chi connectivity index (χ1v) is 9.15. The zero-order valence-electron chi connectivity index (χ0n) is 15.0. The van der Waals surface area contributed by atoms with Crippen molar-refractivity contribution in [1.82, 2.24) is 9.80 Å². The molecule has 0 N–H and O–H groups in total. The Balaban J connectivity index is 1.33. The van der Waals surface area contributed by atoms with Crippen molar-refractivity contribution < 1.29 is 14.3 Å². The van der Waals surface area contributed by atoms with Gasteiger partial charge < -0.3 is 14.4 Å². The number of fused-ring (bicyclic) bond motifs is 1. The number of ketones is 1. The number of hydrogen-bond acceptors (Lipinski definition) is 5. The van der Waals surface area contributed by atoms with E-state index < -0.39 is 0 Å². The van der Waals surface area contributed by atoms with E-state index in [-0.39, 0.29) is 12.6 Å². The third kappa shape index (κ3) is 3.38. The third-order valence-corrected chi connectivity index (χ3v) is 5.80. The summed E-state index contributed by atoms with van der Waals surface area (Å²) in [5, 5.41) is 0. The normalized spacial score (nSPS) is 21.1. The van der Waals surface area contributed by atoms with Gasteiger partial charge in [-0.1, -0.05) is 0 Å². The number of allylic oxidation sites excluding steroid dienone is 1. The summed E-state index contributed by atoms with van der Waals surface area (Å²) in [7, 11) is 0. The molecular formula is C20H26N2O3. The average Bonchev–Trinajstić information content (AvgIpc) is 3.39. The molecule has 2 heterocycles. The predicted octanol–water partition coefficient (Wildman–Crippen LogP) is 2.92. The van der Waals surface area contributed by atoms with E-state index >= 15 is 0 Å². The van der Waals surface area contributed by atoms with Crippen molar-refractivity contribution in [2.24, 2.45) is 5.92 Å². The van der Waals surface area contributed by atoms with E-state index in [1.807, 2.05) is 6.20 Å². The molecule has 0 spiro atoms. The van der Waals surface area contributed by atoms with Gasteiger partial charge in [0.15, 0.2) is 17.3 Å². The topological polar surface area (TPSA) is 42.0 Å². The fourth-order valence-electron chi connectivity index (χ4n) is 3.81. The minimum absolute atomic E-state index is 0.000889. The minimum atomic E-state index is -0.000889. The molecule has 5 nitrogen and oxygen atoms in total. The van der Waals surface area contributed by atoms with E-state index in [4.69, 9.17) is 9.47 Å². The maximum absolute atomic E-state index is 12.4. The first-order valence-electron chi connectivity index (χ1n) is 9.15. The van der Waals surface area contributed by atoms with Gasteiger partial charge in [-0.25, -0.2) is 0 Å². The van der Waals surface area contributed by atoms with Gasteiger partial charge in [0.05, 0.1) is 0 Å². The molecule has 4 rings (SSSR count). The number of carbonyl (C=O) groups is 1. The largest absolute Gasteiger partial charge is 0.454 e. The molecule has 1 saturated heterocycles. The van der Waals surface area contributed by atoms with E-state index in [1.165, 1.54) is 12.8 Å². The van der Waals surface area contributed by atoms with Crippen LogP contribution in [0.5, 0.6) is 11.5 Å². The van der Waals surface area contributed by atoms with Crippen LogP contribution in [0.2, 0.25) is 0 Å². The standard InChI is InChI=1S/C20H26N2O3/c1-20(2,16-4-5-16)22-11-9-21(10-12-22)8-7-17(23)15-3-6-18-19(13-15)25-14-24-18/h3,6-8,13,16H,4-5,9-12,14H2,1-2H3. The molecule has 1 aromatic carbocycles. The molecule has 1 aromatic rings. The summed E-state index contributed by atoms with van der Waals surface area (Å²) in [6.07, 6.45) is 6.35. The van der Waals surface area contributed by atoms with Crippen molar-refractivity contribution in [2.45, 2.75) is 32.2 Å². The minimum Gasteiger partial charge on any atom is -0.454 e. The summed E-state index contributed by atoms with van der Waals surface area (Å²) in [5.74, 6) is 2.21. The first-order chi connectivity index (χ1) is 12.0. The summed E-state index contributed by atoms with van der Waals surface area (Å²) < 4.78 is 10.6. The number of benzene rings is 1. The Hall–Kier alpha value is -2.01. The van der Waals surface area contributed by atoms with Crippen LogP contribution in [0.3, 0.4) is 0 Å². The quantitative estimate of drug-likeness (QED) is 0.608. The van der Waals surface area contributed by atoms with Gasteiger partial charge in [-0.3, -0.25) is 9.69 Å².